The topological polar surface area (TPSA) is 91.9 Å². The molecule has 0 aliphatic carbocycles. The van der Waals surface area contributed by atoms with Gasteiger partial charge in [-0.25, -0.2) is 13.4 Å². The molecule has 2 aromatic heterocycles. The number of pyridine rings is 1. The minimum Gasteiger partial charge on any atom is -0.366 e. The largest absolute Gasteiger partial charge is 0.366 e. The summed E-state index contributed by atoms with van der Waals surface area (Å²) in [4.78, 5) is 18.2. The van der Waals surface area contributed by atoms with Gasteiger partial charge in [-0.15, -0.1) is 11.3 Å². The molecule has 0 fully saturated rings. The first-order valence-corrected chi connectivity index (χ1v) is 8.33. The fourth-order valence-corrected chi connectivity index (χ4v) is 3.89. The molecule has 2 N–H and O–H groups in total. The summed E-state index contributed by atoms with van der Waals surface area (Å²) in [5, 5.41) is 0.907. The Morgan fingerprint density at radius 1 is 1.29 bits per heavy atom. The quantitative estimate of drug-likeness (QED) is 0.772. The fourth-order valence-electron chi connectivity index (χ4n) is 1.92. The van der Waals surface area contributed by atoms with E-state index in [4.69, 9.17) is 0 Å². The highest BCUT2D eigenvalue weighted by molar-refractivity contribution is 7.92. The molecule has 108 valence electrons. The van der Waals surface area contributed by atoms with Crippen molar-refractivity contribution < 1.29 is 8.42 Å². The number of nitrogens with one attached hydrogen (secondary N) is 2. The van der Waals surface area contributed by atoms with Crippen LogP contribution in [0.3, 0.4) is 0 Å². The molecule has 0 aliphatic heterocycles. The zero-order chi connectivity index (χ0) is 15.0. The Morgan fingerprint density at radius 3 is 2.86 bits per heavy atom. The second kappa shape index (κ2) is 4.97. The monoisotopic (exact) mass is 321 g/mol. The summed E-state index contributed by atoms with van der Waals surface area (Å²) in [6.45, 7) is 1.89. The van der Waals surface area contributed by atoms with Gasteiger partial charge in [-0.1, -0.05) is 0 Å². The zero-order valence-corrected chi connectivity index (χ0v) is 12.6. The highest BCUT2D eigenvalue weighted by atomic mass is 32.2. The van der Waals surface area contributed by atoms with E-state index < -0.39 is 15.5 Å². The maximum Gasteiger partial charge on any atom is 0.267 e. The van der Waals surface area contributed by atoms with Gasteiger partial charge in [0.1, 0.15) is 0 Å². The Labute approximate surface area is 124 Å². The van der Waals surface area contributed by atoms with Crippen LogP contribution < -0.4 is 10.2 Å². The third-order valence-electron chi connectivity index (χ3n) is 2.83. The predicted molar refractivity (Wildman–Crippen MR) is 82.2 cm³/mol. The Balaban J connectivity index is 2.01. The van der Waals surface area contributed by atoms with Crippen molar-refractivity contribution in [2.24, 2.45) is 0 Å². The number of aromatic amines is 1. The molecule has 2 heterocycles. The van der Waals surface area contributed by atoms with Crippen LogP contribution in [0.5, 0.6) is 0 Å². The van der Waals surface area contributed by atoms with Crippen molar-refractivity contribution in [3.8, 4) is 0 Å². The molecule has 0 saturated carbocycles. The van der Waals surface area contributed by atoms with Crippen molar-refractivity contribution in [2.45, 2.75) is 11.8 Å². The number of benzene rings is 1. The van der Waals surface area contributed by atoms with Crippen LogP contribution >= 0.6 is 11.3 Å². The van der Waals surface area contributed by atoms with Gasteiger partial charge in [0, 0.05) is 18.5 Å². The summed E-state index contributed by atoms with van der Waals surface area (Å²) in [6, 6.07) is 6.24. The summed E-state index contributed by atoms with van der Waals surface area (Å²) in [5.74, 6) is 0. The average Bonchev–Trinajstić information content (AvgIpc) is 2.78. The number of hydrogen-bond acceptors (Lipinski definition) is 5. The molecule has 0 atom stereocenters. The van der Waals surface area contributed by atoms with Crippen molar-refractivity contribution in [3.63, 3.8) is 0 Å². The van der Waals surface area contributed by atoms with Crippen LogP contribution in [0.4, 0.5) is 5.69 Å². The smallest absolute Gasteiger partial charge is 0.267 e. The van der Waals surface area contributed by atoms with Crippen molar-refractivity contribution in [3.05, 3.63) is 51.9 Å². The summed E-state index contributed by atoms with van der Waals surface area (Å²) in [7, 11) is -3.92. The van der Waals surface area contributed by atoms with Crippen molar-refractivity contribution in [1.82, 2.24) is 9.97 Å². The lowest BCUT2D eigenvalue weighted by atomic mass is 10.3. The molecule has 0 radical (unpaired) electrons. The molecular weight excluding hydrogens is 310 g/mol. The Morgan fingerprint density at radius 2 is 2.10 bits per heavy atom. The molecule has 3 aromatic rings. The second-order valence-electron chi connectivity index (χ2n) is 4.39. The van der Waals surface area contributed by atoms with Gasteiger partial charge in [0.05, 0.1) is 20.9 Å². The van der Waals surface area contributed by atoms with E-state index in [9.17, 15) is 13.2 Å². The SMILES string of the molecule is Cc1nc2ccc(NS(=O)(=O)c3c[nH]ccc3=O)cc2s1. The van der Waals surface area contributed by atoms with Gasteiger partial charge in [-0.3, -0.25) is 9.52 Å². The van der Waals surface area contributed by atoms with E-state index in [-0.39, 0.29) is 4.90 Å². The van der Waals surface area contributed by atoms with Crippen molar-refractivity contribution in [1.29, 1.82) is 0 Å². The van der Waals surface area contributed by atoms with E-state index in [1.807, 2.05) is 6.92 Å². The van der Waals surface area contributed by atoms with E-state index in [2.05, 4.69) is 14.7 Å². The first-order valence-electron chi connectivity index (χ1n) is 6.03. The van der Waals surface area contributed by atoms with Crippen LogP contribution in [-0.2, 0) is 10.0 Å². The van der Waals surface area contributed by atoms with Gasteiger partial charge < -0.3 is 4.98 Å². The normalized spacial score (nSPS) is 11.7. The molecule has 8 heteroatoms. The number of aromatic nitrogens is 2. The number of hydrogen-bond donors (Lipinski definition) is 2. The van der Waals surface area contributed by atoms with Crippen LogP contribution in [0.15, 0.2) is 46.3 Å². The van der Waals surface area contributed by atoms with E-state index in [1.54, 1.807) is 18.2 Å². The van der Waals surface area contributed by atoms with Gasteiger partial charge in [0.25, 0.3) is 10.0 Å². The first-order chi connectivity index (χ1) is 9.95. The van der Waals surface area contributed by atoms with E-state index >= 15 is 0 Å². The minimum absolute atomic E-state index is 0.314. The van der Waals surface area contributed by atoms with Crippen LogP contribution in [0, 0.1) is 6.92 Å². The number of sulfonamides is 1. The Bertz CT molecular complexity index is 973. The third-order valence-corrected chi connectivity index (χ3v) is 5.16. The zero-order valence-electron chi connectivity index (χ0n) is 11.0. The molecule has 21 heavy (non-hydrogen) atoms. The van der Waals surface area contributed by atoms with Gasteiger partial charge >= 0.3 is 0 Å². The minimum atomic E-state index is -3.92. The standard InChI is InChI=1S/C13H11N3O3S2/c1-8-15-10-3-2-9(6-12(10)20-8)16-21(18,19)13-7-14-5-4-11(13)17/h2-7,16H,1H3,(H,14,17). The number of anilines is 1. The van der Waals surface area contributed by atoms with Crippen LogP contribution in [0.1, 0.15) is 5.01 Å². The maximum absolute atomic E-state index is 12.2. The Kier molecular flexibility index (Phi) is 3.26. The van der Waals surface area contributed by atoms with E-state index in [1.165, 1.54) is 29.8 Å². The molecule has 0 unspecified atom stereocenters. The molecule has 1 aromatic carbocycles. The van der Waals surface area contributed by atoms with Gasteiger partial charge in [-0.2, -0.15) is 0 Å². The number of fused-ring (bicyclic) bond motifs is 1. The number of rotatable bonds is 3. The van der Waals surface area contributed by atoms with Gasteiger partial charge in [-0.05, 0) is 25.1 Å². The number of H-pyrrole nitrogens is 1. The third kappa shape index (κ3) is 2.67. The highest BCUT2D eigenvalue weighted by Gasteiger charge is 2.18. The van der Waals surface area contributed by atoms with Crippen LogP contribution in [0.25, 0.3) is 10.2 Å². The van der Waals surface area contributed by atoms with Crippen molar-refractivity contribution >= 4 is 37.3 Å². The molecule has 6 nitrogen and oxygen atoms in total. The second-order valence-corrected chi connectivity index (χ2v) is 7.28. The summed E-state index contributed by atoms with van der Waals surface area (Å²) in [5.41, 5.74) is 0.656. The summed E-state index contributed by atoms with van der Waals surface area (Å²) < 4.78 is 27.7. The predicted octanol–water partition coefficient (Wildman–Crippen LogP) is 2.09. The number of nitrogens with zero attached hydrogens (tertiary/aromatic N) is 1. The molecule has 3 rings (SSSR count). The molecule has 0 amide bonds. The van der Waals surface area contributed by atoms with E-state index in [0.29, 0.717) is 5.69 Å². The van der Waals surface area contributed by atoms with Gasteiger partial charge in [0.15, 0.2) is 4.90 Å². The molecular formula is C13H11N3O3S2. The first kappa shape index (κ1) is 13.8. The average molecular weight is 321 g/mol. The van der Waals surface area contributed by atoms with Crippen LogP contribution in [0.2, 0.25) is 0 Å². The Hall–Kier alpha value is -2.19. The lowest BCUT2D eigenvalue weighted by Gasteiger charge is -2.07. The number of aryl methyl sites for hydroxylation is 1. The highest BCUT2D eigenvalue weighted by Crippen LogP contribution is 2.25. The van der Waals surface area contributed by atoms with E-state index in [0.717, 1.165) is 15.2 Å². The van der Waals surface area contributed by atoms with Gasteiger partial charge in [0.2, 0.25) is 5.43 Å². The number of thiazole rings is 1. The fraction of sp³-hybridized carbons (Fsp3) is 0.0769. The maximum atomic E-state index is 12.2. The van der Waals surface area contributed by atoms with Crippen LogP contribution in [-0.4, -0.2) is 18.4 Å². The van der Waals surface area contributed by atoms with Crippen molar-refractivity contribution in [2.75, 3.05) is 4.72 Å². The summed E-state index contributed by atoms with van der Waals surface area (Å²) >= 11 is 1.48. The summed E-state index contributed by atoms with van der Waals surface area (Å²) in [6.07, 6.45) is 2.55. The molecule has 0 bridgehead atoms. The lowest BCUT2D eigenvalue weighted by Crippen LogP contribution is -2.20. The lowest BCUT2D eigenvalue weighted by molar-refractivity contribution is 0.600. The molecule has 0 saturated heterocycles. The molecule has 0 aliphatic rings. The molecule has 0 spiro atoms.